The van der Waals surface area contributed by atoms with E-state index in [-0.39, 0.29) is 12.1 Å². The first-order valence-electron chi connectivity index (χ1n) is 6.95. The minimum absolute atomic E-state index is 0.0154. The average molecular weight is 303 g/mol. The zero-order chi connectivity index (χ0) is 15.4. The fourth-order valence-corrected chi connectivity index (χ4v) is 2.85. The number of nitrogens with one attached hydrogen (secondary N) is 1. The van der Waals surface area contributed by atoms with Crippen LogP contribution in [0.2, 0.25) is 0 Å². The van der Waals surface area contributed by atoms with Crippen molar-refractivity contribution in [2.45, 2.75) is 33.4 Å². The van der Waals surface area contributed by atoms with Crippen molar-refractivity contribution in [3.05, 3.63) is 51.5 Å². The van der Waals surface area contributed by atoms with Crippen molar-refractivity contribution < 1.29 is 4.79 Å². The number of carbonyl (C=O) groups excluding carboxylic acids is 1. The molecule has 1 aromatic heterocycles. The van der Waals surface area contributed by atoms with Gasteiger partial charge in [0, 0.05) is 12.4 Å². The molecule has 0 saturated heterocycles. The quantitative estimate of drug-likeness (QED) is 0.937. The van der Waals surface area contributed by atoms with Crippen LogP contribution in [-0.4, -0.2) is 23.0 Å². The van der Waals surface area contributed by atoms with Crippen molar-refractivity contribution in [2.24, 2.45) is 0 Å². The smallest absolute Gasteiger partial charge is 0.317 e. The van der Waals surface area contributed by atoms with E-state index in [9.17, 15) is 4.79 Å². The molecule has 1 N–H and O–H groups in total. The zero-order valence-electron chi connectivity index (χ0n) is 12.9. The number of aromatic nitrogens is 1. The predicted octanol–water partition coefficient (Wildman–Crippen LogP) is 3.66. The summed E-state index contributed by atoms with van der Waals surface area (Å²) in [4.78, 5) is 18.3. The highest BCUT2D eigenvalue weighted by molar-refractivity contribution is 7.09. The molecule has 4 nitrogen and oxygen atoms in total. The van der Waals surface area contributed by atoms with Gasteiger partial charge in [0.05, 0.1) is 23.3 Å². The van der Waals surface area contributed by atoms with Crippen LogP contribution in [-0.2, 0) is 6.54 Å². The van der Waals surface area contributed by atoms with E-state index in [2.05, 4.69) is 23.3 Å². The highest BCUT2D eigenvalue weighted by Gasteiger charge is 2.15. The van der Waals surface area contributed by atoms with Crippen molar-refractivity contribution in [1.29, 1.82) is 0 Å². The van der Waals surface area contributed by atoms with E-state index in [4.69, 9.17) is 0 Å². The van der Waals surface area contributed by atoms with Gasteiger partial charge in [-0.25, -0.2) is 9.78 Å². The summed E-state index contributed by atoms with van der Waals surface area (Å²) in [5.41, 5.74) is 3.26. The Balaban J connectivity index is 1.96. The SMILES string of the molecule is Cc1nc(CN(C)C(=O)NC(C)c2ccccc2C)cs1. The van der Waals surface area contributed by atoms with Crippen LogP contribution in [0, 0.1) is 13.8 Å². The summed E-state index contributed by atoms with van der Waals surface area (Å²) >= 11 is 1.60. The lowest BCUT2D eigenvalue weighted by Crippen LogP contribution is -2.38. The number of aryl methyl sites for hydroxylation is 2. The molecule has 21 heavy (non-hydrogen) atoms. The first-order chi connectivity index (χ1) is 9.97. The first kappa shape index (κ1) is 15.5. The third kappa shape index (κ3) is 4.04. The molecule has 1 unspecified atom stereocenters. The standard InChI is InChI=1S/C16H21N3OS/c1-11-7-5-6-8-15(11)12(2)17-16(20)19(4)9-14-10-21-13(3)18-14/h5-8,10,12H,9H2,1-4H3,(H,17,20). The molecule has 0 aliphatic rings. The van der Waals surface area contributed by atoms with Crippen LogP contribution < -0.4 is 5.32 Å². The summed E-state index contributed by atoms with van der Waals surface area (Å²) in [5, 5.41) is 6.04. The van der Waals surface area contributed by atoms with Crippen LogP contribution in [0.4, 0.5) is 4.79 Å². The molecule has 0 spiro atoms. The molecular formula is C16H21N3OS. The minimum Gasteiger partial charge on any atom is -0.331 e. The maximum atomic E-state index is 12.2. The fraction of sp³-hybridized carbons (Fsp3) is 0.375. The number of rotatable bonds is 4. The van der Waals surface area contributed by atoms with Crippen LogP contribution in [0.25, 0.3) is 0 Å². The maximum Gasteiger partial charge on any atom is 0.317 e. The Morgan fingerprint density at radius 1 is 1.38 bits per heavy atom. The van der Waals surface area contributed by atoms with E-state index < -0.39 is 0 Å². The molecule has 0 saturated carbocycles. The first-order valence-corrected chi connectivity index (χ1v) is 7.83. The number of amides is 2. The van der Waals surface area contributed by atoms with Gasteiger partial charge in [-0.05, 0) is 31.9 Å². The van der Waals surface area contributed by atoms with Gasteiger partial charge >= 0.3 is 6.03 Å². The molecule has 2 rings (SSSR count). The molecule has 1 aromatic carbocycles. The lowest BCUT2D eigenvalue weighted by atomic mass is 10.0. The molecule has 2 aromatic rings. The van der Waals surface area contributed by atoms with Crippen LogP contribution in [0.5, 0.6) is 0 Å². The lowest BCUT2D eigenvalue weighted by molar-refractivity contribution is 0.203. The van der Waals surface area contributed by atoms with Gasteiger partial charge in [0.25, 0.3) is 0 Å². The van der Waals surface area contributed by atoms with Crippen molar-refractivity contribution >= 4 is 17.4 Å². The van der Waals surface area contributed by atoms with Gasteiger partial charge in [-0.1, -0.05) is 24.3 Å². The molecule has 0 radical (unpaired) electrons. The zero-order valence-corrected chi connectivity index (χ0v) is 13.7. The number of hydrogen-bond acceptors (Lipinski definition) is 3. The number of nitrogens with zero attached hydrogens (tertiary/aromatic N) is 2. The Bertz CT molecular complexity index is 623. The number of hydrogen-bond donors (Lipinski definition) is 1. The molecule has 1 atom stereocenters. The monoisotopic (exact) mass is 303 g/mol. The normalized spacial score (nSPS) is 12.0. The van der Waals surface area contributed by atoms with Crippen LogP contribution in [0.1, 0.15) is 34.8 Å². The summed E-state index contributed by atoms with van der Waals surface area (Å²) in [5.74, 6) is 0. The number of benzene rings is 1. The Labute approximate surface area is 129 Å². The molecule has 0 aliphatic carbocycles. The van der Waals surface area contributed by atoms with Crippen LogP contribution >= 0.6 is 11.3 Å². The van der Waals surface area contributed by atoms with E-state index in [1.807, 2.05) is 37.4 Å². The second-order valence-electron chi connectivity index (χ2n) is 5.24. The highest BCUT2D eigenvalue weighted by atomic mass is 32.1. The van der Waals surface area contributed by atoms with Crippen molar-refractivity contribution in [1.82, 2.24) is 15.2 Å². The van der Waals surface area contributed by atoms with Crippen molar-refractivity contribution in [2.75, 3.05) is 7.05 Å². The van der Waals surface area contributed by atoms with E-state index in [0.29, 0.717) is 6.54 Å². The minimum atomic E-state index is -0.0867. The Morgan fingerprint density at radius 3 is 2.71 bits per heavy atom. The summed E-state index contributed by atoms with van der Waals surface area (Å²) in [6.07, 6.45) is 0. The molecule has 0 fully saturated rings. The van der Waals surface area contributed by atoms with Gasteiger partial charge in [0.2, 0.25) is 0 Å². The van der Waals surface area contributed by atoms with E-state index in [0.717, 1.165) is 16.3 Å². The van der Waals surface area contributed by atoms with Gasteiger partial charge in [-0.3, -0.25) is 0 Å². The van der Waals surface area contributed by atoms with Gasteiger partial charge in [-0.15, -0.1) is 11.3 Å². The second-order valence-corrected chi connectivity index (χ2v) is 6.30. The van der Waals surface area contributed by atoms with Crippen LogP contribution in [0.3, 0.4) is 0 Å². The summed E-state index contributed by atoms with van der Waals surface area (Å²) in [7, 11) is 1.79. The fourth-order valence-electron chi connectivity index (χ4n) is 2.24. The summed E-state index contributed by atoms with van der Waals surface area (Å²) in [6, 6.07) is 8.00. The van der Waals surface area contributed by atoms with E-state index >= 15 is 0 Å². The molecule has 0 bridgehead atoms. The Morgan fingerprint density at radius 2 is 2.10 bits per heavy atom. The highest BCUT2D eigenvalue weighted by Crippen LogP contribution is 2.17. The van der Waals surface area contributed by atoms with Crippen molar-refractivity contribution in [3.8, 4) is 0 Å². The van der Waals surface area contributed by atoms with E-state index in [1.54, 1.807) is 23.3 Å². The van der Waals surface area contributed by atoms with E-state index in [1.165, 1.54) is 5.56 Å². The molecule has 2 amide bonds. The molecule has 0 aliphatic heterocycles. The molecule has 1 heterocycles. The van der Waals surface area contributed by atoms with Gasteiger partial charge in [0.1, 0.15) is 0 Å². The van der Waals surface area contributed by atoms with Gasteiger partial charge in [0.15, 0.2) is 0 Å². The Hall–Kier alpha value is -1.88. The van der Waals surface area contributed by atoms with Gasteiger partial charge in [-0.2, -0.15) is 0 Å². The third-order valence-electron chi connectivity index (χ3n) is 3.41. The lowest BCUT2D eigenvalue weighted by Gasteiger charge is -2.22. The number of urea groups is 1. The second kappa shape index (κ2) is 6.72. The summed E-state index contributed by atoms with van der Waals surface area (Å²) in [6.45, 7) is 6.55. The molecule has 112 valence electrons. The third-order valence-corrected chi connectivity index (χ3v) is 4.23. The Kier molecular flexibility index (Phi) is 4.96. The van der Waals surface area contributed by atoms with Crippen LogP contribution in [0.15, 0.2) is 29.6 Å². The molecular weight excluding hydrogens is 282 g/mol. The number of carbonyl (C=O) groups is 1. The number of thiazole rings is 1. The maximum absolute atomic E-state index is 12.2. The molecule has 5 heteroatoms. The predicted molar refractivity (Wildman–Crippen MR) is 86.4 cm³/mol. The average Bonchev–Trinajstić information content (AvgIpc) is 2.84. The largest absolute Gasteiger partial charge is 0.331 e. The van der Waals surface area contributed by atoms with Crippen molar-refractivity contribution in [3.63, 3.8) is 0 Å². The summed E-state index contributed by atoms with van der Waals surface area (Å²) < 4.78 is 0. The van der Waals surface area contributed by atoms with Gasteiger partial charge < -0.3 is 10.2 Å². The topological polar surface area (TPSA) is 45.2 Å².